The zero-order chi connectivity index (χ0) is 17.6. The summed E-state index contributed by atoms with van der Waals surface area (Å²) in [5.74, 6) is 2.92. The smallest absolute Gasteiger partial charge is 0.306 e. The second-order valence-corrected chi connectivity index (χ2v) is 10.5. The van der Waals surface area contributed by atoms with Gasteiger partial charge in [-0.1, -0.05) is 6.92 Å². The van der Waals surface area contributed by atoms with Gasteiger partial charge in [0, 0.05) is 18.3 Å². The van der Waals surface area contributed by atoms with Crippen molar-refractivity contribution < 1.29 is 19.0 Å². The van der Waals surface area contributed by atoms with Crippen molar-refractivity contribution in [2.45, 2.75) is 83.0 Å². The zero-order valence-corrected chi connectivity index (χ0v) is 16.0. The van der Waals surface area contributed by atoms with E-state index in [4.69, 9.17) is 14.2 Å². The lowest BCUT2D eigenvalue weighted by Crippen LogP contribution is -2.56. The molecule has 0 radical (unpaired) electrons. The lowest BCUT2D eigenvalue weighted by atomic mass is 9.44. The van der Waals surface area contributed by atoms with Crippen LogP contribution in [-0.4, -0.2) is 31.1 Å². The fourth-order valence-corrected chi connectivity index (χ4v) is 8.70. The Morgan fingerprint density at radius 1 is 0.923 bits per heavy atom. The maximum atomic E-state index is 12.1. The van der Waals surface area contributed by atoms with Gasteiger partial charge in [0.2, 0.25) is 0 Å². The third-order valence-electron chi connectivity index (χ3n) is 9.86. The van der Waals surface area contributed by atoms with E-state index in [1.54, 1.807) is 0 Å². The number of ether oxygens (including phenoxy) is 3. The van der Waals surface area contributed by atoms with Gasteiger partial charge in [-0.3, -0.25) is 4.79 Å². The first-order valence-corrected chi connectivity index (χ1v) is 11.0. The van der Waals surface area contributed by atoms with E-state index < -0.39 is 0 Å². The molecule has 2 aliphatic heterocycles. The molecule has 6 rings (SSSR count). The predicted molar refractivity (Wildman–Crippen MR) is 95.2 cm³/mol. The quantitative estimate of drug-likeness (QED) is 0.611. The Kier molecular flexibility index (Phi) is 3.31. The number of rotatable bonds is 0. The molecule has 2 saturated heterocycles. The van der Waals surface area contributed by atoms with Gasteiger partial charge in [-0.25, -0.2) is 0 Å². The summed E-state index contributed by atoms with van der Waals surface area (Å²) in [4.78, 5) is 12.1. The predicted octanol–water partition coefficient (Wildman–Crippen LogP) is 4.07. The van der Waals surface area contributed by atoms with Crippen molar-refractivity contribution >= 4 is 5.97 Å². The number of fused-ring (bicyclic) bond motifs is 4. The molecule has 0 bridgehead atoms. The van der Waals surface area contributed by atoms with Crippen LogP contribution in [0.25, 0.3) is 0 Å². The lowest BCUT2D eigenvalue weighted by Gasteiger charge is -2.61. The van der Waals surface area contributed by atoms with Crippen LogP contribution >= 0.6 is 0 Å². The normalized spacial score (nSPS) is 54.3. The van der Waals surface area contributed by atoms with Crippen molar-refractivity contribution in [1.82, 2.24) is 0 Å². The van der Waals surface area contributed by atoms with E-state index in [-0.39, 0.29) is 23.3 Å². The fraction of sp³-hybridized carbons (Fsp3) is 0.955. The summed E-state index contributed by atoms with van der Waals surface area (Å²) in [6.07, 6.45) is 11.9. The average molecular weight is 360 g/mol. The second-order valence-electron chi connectivity index (χ2n) is 10.5. The van der Waals surface area contributed by atoms with Crippen LogP contribution < -0.4 is 0 Å². The molecule has 0 aromatic rings. The van der Waals surface area contributed by atoms with Gasteiger partial charge < -0.3 is 14.2 Å². The Hall–Kier alpha value is -0.610. The topological polar surface area (TPSA) is 44.8 Å². The van der Waals surface area contributed by atoms with E-state index >= 15 is 0 Å². The van der Waals surface area contributed by atoms with Crippen LogP contribution in [0.3, 0.4) is 0 Å². The Morgan fingerprint density at radius 3 is 2.62 bits per heavy atom. The third kappa shape index (κ3) is 1.96. The van der Waals surface area contributed by atoms with E-state index in [0.29, 0.717) is 11.8 Å². The van der Waals surface area contributed by atoms with Crippen LogP contribution in [0.1, 0.15) is 71.1 Å². The van der Waals surface area contributed by atoms with Crippen LogP contribution in [0.15, 0.2) is 0 Å². The molecule has 4 nitrogen and oxygen atoms in total. The summed E-state index contributed by atoms with van der Waals surface area (Å²) in [5.41, 5.74) is 0.641. The maximum Gasteiger partial charge on any atom is 0.306 e. The van der Waals surface area contributed by atoms with Crippen LogP contribution in [-0.2, 0) is 19.0 Å². The van der Waals surface area contributed by atoms with Gasteiger partial charge in [-0.2, -0.15) is 0 Å². The van der Waals surface area contributed by atoms with Gasteiger partial charge >= 0.3 is 5.97 Å². The molecule has 4 saturated carbocycles. The van der Waals surface area contributed by atoms with E-state index in [0.717, 1.165) is 56.1 Å². The molecule has 2 heterocycles. The molecular formula is C22H32O4. The summed E-state index contributed by atoms with van der Waals surface area (Å²) in [6, 6.07) is 0. The number of esters is 1. The second kappa shape index (κ2) is 5.26. The highest BCUT2D eigenvalue weighted by Gasteiger charge is 2.66. The summed E-state index contributed by atoms with van der Waals surface area (Å²) >= 11 is 0. The molecular weight excluding hydrogens is 328 g/mol. The molecule has 144 valence electrons. The van der Waals surface area contributed by atoms with Crippen molar-refractivity contribution in [3.05, 3.63) is 0 Å². The van der Waals surface area contributed by atoms with Gasteiger partial charge in [0.25, 0.3) is 0 Å². The van der Waals surface area contributed by atoms with E-state index in [1.807, 2.05) is 0 Å². The summed E-state index contributed by atoms with van der Waals surface area (Å²) < 4.78 is 17.9. The molecule has 0 N–H and O–H groups in total. The first-order chi connectivity index (χ1) is 12.5. The monoisotopic (exact) mass is 360 g/mol. The molecule has 6 fully saturated rings. The highest BCUT2D eigenvalue weighted by Crippen LogP contribution is 2.69. The van der Waals surface area contributed by atoms with Gasteiger partial charge in [-0.15, -0.1) is 0 Å². The Labute approximate surface area is 156 Å². The van der Waals surface area contributed by atoms with Crippen molar-refractivity contribution in [1.29, 1.82) is 0 Å². The van der Waals surface area contributed by atoms with Crippen LogP contribution in [0, 0.1) is 34.5 Å². The molecule has 4 unspecified atom stereocenters. The average Bonchev–Trinajstić information content (AvgIpc) is 3.28. The number of hydrogen-bond donors (Lipinski definition) is 0. The molecule has 6 aliphatic rings. The molecule has 26 heavy (non-hydrogen) atoms. The fourth-order valence-electron chi connectivity index (χ4n) is 8.70. The largest absolute Gasteiger partial charge is 0.462 e. The molecule has 7 atom stereocenters. The van der Waals surface area contributed by atoms with Gasteiger partial charge in [0.05, 0.1) is 19.6 Å². The van der Waals surface area contributed by atoms with Crippen molar-refractivity contribution in [3.63, 3.8) is 0 Å². The molecule has 4 aliphatic carbocycles. The van der Waals surface area contributed by atoms with Crippen LogP contribution in [0.5, 0.6) is 0 Å². The Morgan fingerprint density at radius 2 is 1.77 bits per heavy atom. The number of carbonyl (C=O) groups excluding carboxylic acids is 1. The van der Waals surface area contributed by atoms with Gasteiger partial charge in [-0.05, 0) is 74.0 Å². The van der Waals surface area contributed by atoms with E-state index in [2.05, 4.69) is 6.92 Å². The Bertz CT molecular complexity index is 626. The zero-order valence-electron chi connectivity index (χ0n) is 16.0. The highest BCUT2D eigenvalue weighted by molar-refractivity contribution is 5.73. The third-order valence-corrected chi connectivity index (χ3v) is 9.86. The van der Waals surface area contributed by atoms with Crippen molar-refractivity contribution in [3.8, 4) is 0 Å². The molecule has 0 aromatic heterocycles. The van der Waals surface area contributed by atoms with Gasteiger partial charge in [0.15, 0.2) is 5.79 Å². The lowest BCUT2D eigenvalue weighted by molar-refractivity contribution is -0.229. The molecule has 2 spiro atoms. The van der Waals surface area contributed by atoms with Crippen molar-refractivity contribution in [2.24, 2.45) is 34.5 Å². The number of carbonyl (C=O) groups is 1. The van der Waals surface area contributed by atoms with Crippen molar-refractivity contribution in [2.75, 3.05) is 13.2 Å². The molecule has 0 aromatic carbocycles. The first-order valence-electron chi connectivity index (χ1n) is 11.0. The van der Waals surface area contributed by atoms with E-state index in [9.17, 15) is 4.79 Å². The Balaban J connectivity index is 1.28. The molecule has 4 heteroatoms. The SMILES string of the molecule is C[C@]12CCC3(CC1CCC1C2CC[C@]24CC(=O)O[C@H]2CCC14)OCCO3. The first kappa shape index (κ1) is 16.4. The highest BCUT2D eigenvalue weighted by atomic mass is 16.7. The summed E-state index contributed by atoms with van der Waals surface area (Å²) in [7, 11) is 0. The van der Waals surface area contributed by atoms with E-state index in [1.165, 1.54) is 38.5 Å². The van der Waals surface area contributed by atoms with Crippen LogP contribution in [0.4, 0.5) is 0 Å². The van der Waals surface area contributed by atoms with Crippen LogP contribution in [0.2, 0.25) is 0 Å². The summed E-state index contributed by atoms with van der Waals surface area (Å²) in [6.45, 7) is 4.13. The van der Waals surface area contributed by atoms with Gasteiger partial charge in [0.1, 0.15) is 6.10 Å². The maximum absolute atomic E-state index is 12.1. The summed E-state index contributed by atoms with van der Waals surface area (Å²) in [5, 5.41) is 0. The number of hydrogen-bond acceptors (Lipinski definition) is 4. The molecule has 0 amide bonds. The minimum absolute atomic E-state index is 0.0770. The minimum atomic E-state index is -0.253. The standard InChI is InChI=1S/C22H32O4/c1-20-8-9-22(24-10-11-25-22)12-14(20)2-3-15-16(20)6-7-21-13-19(23)26-18(21)5-4-17(15)21/h14-18H,2-13H2,1H3/t14?,15?,16?,17?,18-,20-,21+/m0/s1. The minimum Gasteiger partial charge on any atom is -0.462 e.